The van der Waals surface area contributed by atoms with Crippen molar-refractivity contribution < 1.29 is 24.4 Å². The average molecular weight is 344 g/mol. The zero-order chi connectivity index (χ0) is 17.6. The molecule has 25 heavy (non-hydrogen) atoms. The van der Waals surface area contributed by atoms with Crippen LogP contribution in [0, 0.1) is 0 Å². The highest BCUT2D eigenvalue weighted by atomic mass is 16.6. The van der Waals surface area contributed by atoms with Gasteiger partial charge in [0.1, 0.15) is 18.3 Å². The van der Waals surface area contributed by atoms with E-state index in [1.54, 1.807) is 12.1 Å². The van der Waals surface area contributed by atoms with Crippen molar-refractivity contribution in [3.8, 4) is 0 Å². The largest absolute Gasteiger partial charge is 0.387 e. The van der Waals surface area contributed by atoms with Gasteiger partial charge in [0.15, 0.2) is 6.29 Å². The monoisotopic (exact) mass is 344 g/mol. The van der Waals surface area contributed by atoms with E-state index in [-0.39, 0.29) is 12.7 Å². The summed E-state index contributed by atoms with van der Waals surface area (Å²) in [5.41, 5.74) is 1.66. The minimum atomic E-state index is -1.12. The fourth-order valence-corrected chi connectivity index (χ4v) is 2.91. The van der Waals surface area contributed by atoms with Crippen molar-refractivity contribution in [2.75, 3.05) is 6.61 Å². The molecule has 1 aliphatic heterocycles. The van der Waals surface area contributed by atoms with E-state index in [0.29, 0.717) is 12.2 Å². The summed E-state index contributed by atoms with van der Waals surface area (Å²) in [6.45, 7) is 2.45. The SMILES string of the molecule is C[C@@H]1OC[C@@H](OC(O)c2ccccc2)C(O)[C@@H]1OCc1ccccc1. The van der Waals surface area contributed by atoms with Gasteiger partial charge in [-0.05, 0) is 12.5 Å². The Balaban J connectivity index is 1.60. The number of aliphatic hydroxyl groups excluding tert-OH is 2. The van der Waals surface area contributed by atoms with Crippen molar-refractivity contribution >= 4 is 0 Å². The minimum Gasteiger partial charge on any atom is -0.387 e. The fourth-order valence-electron chi connectivity index (χ4n) is 2.91. The molecule has 3 rings (SSSR count). The molecule has 134 valence electrons. The van der Waals surface area contributed by atoms with Crippen molar-refractivity contribution in [2.45, 2.75) is 44.2 Å². The van der Waals surface area contributed by atoms with Crippen LogP contribution >= 0.6 is 0 Å². The predicted molar refractivity (Wildman–Crippen MR) is 92.7 cm³/mol. The maximum Gasteiger partial charge on any atom is 0.181 e. The van der Waals surface area contributed by atoms with Gasteiger partial charge < -0.3 is 24.4 Å². The number of hydrogen-bond donors (Lipinski definition) is 2. The van der Waals surface area contributed by atoms with Gasteiger partial charge in [-0.25, -0.2) is 0 Å². The highest BCUT2D eigenvalue weighted by Gasteiger charge is 2.40. The van der Waals surface area contributed by atoms with E-state index >= 15 is 0 Å². The van der Waals surface area contributed by atoms with Crippen LogP contribution in [0.3, 0.4) is 0 Å². The van der Waals surface area contributed by atoms with Crippen LogP contribution in [0.15, 0.2) is 60.7 Å². The molecule has 2 N–H and O–H groups in total. The van der Waals surface area contributed by atoms with Crippen LogP contribution in [-0.4, -0.2) is 41.2 Å². The Kier molecular flexibility index (Phi) is 6.18. The van der Waals surface area contributed by atoms with Crippen molar-refractivity contribution in [3.05, 3.63) is 71.8 Å². The Bertz CT molecular complexity index is 633. The number of benzene rings is 2. The van der Waals surface area contributed by atoms with Crippen LogP contribution in [-0.2, 0) is 20.8 Å². The third-order valence-electron chi connectivity index (χ3n) is 4.38. The highest BCUT2D eigenvalue weighted by Crippen LogP contribution is 2.25. The van der Waals surface area contributed by atoms with E-state index in [1.165, 1.54) is 0 Å². The summed E-state index contributed by atoms with van der Waals surface area (Å²) in [5.74, 6) is 0. The smallest absolute Gasteiger partial charge is 0.181 e. The first kappa shape index (κ1) is 18.0. The van der Waals surface area contributed by atoms with Gasteiger partial charge in [0.2, 0.25) is 0 Å². The first-order chi connectivity index (χ1) is 12.1. The molecule has 0 aliphatic carbocycles. The summed E-state index contributed by atoms with van der Waals surface area (Å²) in [4.78, 5) is 0. The molecule has 0 amide bonds. The first-order valence-electron chi connectivity index (χ1n) is 8.49. The van der Waals surface area contributed by atoms with Crippen molar-refractivity contribution in [1.29, 1.82) is 0 Å². The number of ether oxygens (including phenoxy) is 3. The van der Waals surface area contributed by atoms with E-state index in [2.05, 4.69) is 0 Å². The standard InChI is InChI=1S/C20H24O5/c1-14-19(24-12-15-8-4-2-5-9-15)18(21)17(13-23-14)25-20(22)16-10-6-3-7-11-16/h2-11,14,17-22H,12-13H2,1H3/t14-,17+,18?,19+,20?/m0/s1. The molecule has 0 spiro atoms. The molecule has 1 heterocycles. The second-order valence-corrected chi connectivity index (χ2v) is 6.23. The Labute approximate surface area is 147 Å². The predicted octanol–water partition coefficient (Wildman–Crippen LogP) is 2.43. The number of aliphatic hydroxyl groups is 2. The van der Waals surface area contributed by atoms with E-state index < -0.39 is 24.6 Å². The summed E-state index contributed by atoms with van der Waals surface area (Å²) in [6.07, 6.45) is -3.44. The van der Waals surface area contributed by atoms with Crippen molar-refractivity contribution in [2.24, 2.45) is 0 Å². The zero-order valence-electron chi connectivity index (χ0n) is 14.2. The third kappa shape index (κ3) is 4.66. The molecule has 2 aromatic carbocycles. The second-order valence-electron chi connectivity index (χ2n) is 6.23. The Morgan fingerprint density at radius 1 is 1.08 bits per heavy atom. The first-order valence-corrected chi connectivity index (χ1v) is 8.49. The van der Waals surface area contributed by atoms with Gasteiger partial charge in [-0.15, -0.1) is 0 Å². The molecule has 1 aliphatic rings. The molecular formula is C20H24O5. The van der Waals surface area contributed by atoms with E-state index in [1.807, 2.05) is 55.5 Å². The highest BCUT2D eigenvalue weighted by molar-refractivity contribution is 5.16. The maximum atomic E-state index is 10.6. The molecule has 5 atom stereocenters. The molecule has 2 unspecified atom stereocenters. The molecule has 0 aromatic heterocycles. The molecule has 1 fully saturated rings. The normalized spacial score (nSPS) is 27.8. The van der Waals surface area contributed by atoms with Crippen LogP contribution in [0.2, 0.25) is 0 Å². The Morgan fingerprint density at radius 3 is 2.40 bits per heavy atom. The van der Waals surface area contributed by atoms with Gasteiger partial charge in [-0.1, -0.05) is 60.7 Å². The molecule has 0 bridgehead atoms. The lowest BCUT2D eigenvalue weighted by Gasteiger charge is -2.39. The van der Waals surface area contributed by atoms with Crippen LogP contribution < -0.4 is 0 Å². The molecule has 5 nitrogen and oxygen atoms in total. The number of rotatable bonds is 6. The fraction of sp³-hybridized carbons (Fsp3) is 0.400. The molecule has 5 heteroatoms. The lowest BCUT2D eigenvalue weighted by molar-refractivity contribution is -0.252. The topological polar surface area (TPSA) is 68.2 Å². The van der Waals surface area contributed by atoms with Crippen LogP contribution in [0.4, 0.5) is 0 Å². The Hall–Kier alpha value is -1.76. The van der Waals surface area contributed by atoms with Gasteiger partial charge in [0.05, 0.1) is 19.3 Å². The van der Waals surface area contributed by atoms with Crippen LogP contribution in [0.5, 0.6) is 0 Å². The van der Waals surface area contributed by atoms with E-state index in [9.17, 15) is 10.2 Å². The van der Waals surface area contributed by atoms with Gasteiger partial charge in [-0.2, -0.15) is 0 Å². The van der Waals surface area contributed by atoms with Crippen molar-refractivity contribution in [3.63, 3.8) is 0 Å². The molecular weight excluding hydrogens is 320 g/mol. The quantitative estimate of drug-likeness (QED) is 0.788. The number of hydrogen-bond acceptors (Lipinski definition) is 5. The maximum absolute atomic E-state index is 10.6. The summed E-state index contributed by atoms with van der Waals surface area (Å²) in [6, 6.07) is 18.8. The molecule has 2 aromatic rings. The Morgan fingerprint density at radius 2 is 1.72 bits per heavy atom. The lowest BCUT2D eigenvalue weighted by Crippen LogP contribution is -2.54. The van der Waals surface area contributed by atoms with E-state index in [0.717, 1.165) is 5.56 Å². The third-order valence-corrected chi connectivity index (χ3v) is 4.38. The second kappa shape index (κ2) is 8.56. The molecule has 0 saturated carbocycles. The van der Waals surface area contributed by atoms with E-state index in [4.69, 9.17) is 14.2 Å². The van der Waals surface area contributed by atoms with Gasteiger partial charge >= 0.3 is 0 Å². The van der Waals surface area contributed by atoms with Gasteiger partial charge in [-0.3, -0.25) is 0 Å². The summed E-state index contributed by atoms with van der Waals surface area (Å²) < 4.78 is 17.2. The van der Waals surface area contributed by atoms with Gasteiger partial charge in [0.25, 0.3) is 0 Å². The van der Waals surface area contributed by atoms with Gasteiger partial charge in [0, 0.05) is 5.56 Å². The average Bonchev–Trinajstić information content (AvgIpc) is 2.65. The van der Waals surface area contributed by atoms with Crippen LogP contribution in [0.1, 0.15) is 24.3 Å². The van der Waals surface area contributed by atoms with Crippen LogP contribution in [0.25, 0.3) is 0 Å². The summed E-state index contributed by atoms with van der Waals surface area (Å²) >= 11 is 0. The minimum absolute atomic E-state index is 0.206. The lowest BCUT2D eigenvalue weighted by atomic mass is 10.0. The molecule has 0 radical (unpaired) electrons. The summed E-state index contributed by atoms with van der Waals surface area (Å²) in [7, 11) is 0. The molecule has 1 saturated heterocycles. The zero-order valence-corrected chi connectivity index (χ0v) is 14.2. The van der Waals surface area contributed by atoms with Crippen molar-refractivity contribution in [1.82, 2.24) is 0 Å². The summed E-state index contributed by atoms with van der Waals surface area (Å²) in [5, 5.41) is 20.9.